The number of carbonyl (C=O) groups excluding carboxylic acids is 1. The molecule has 0 aliphatic carbocycles. The minimum absolute atomic E-state index is 0.0129. The topological polar surface area (TPSA) is 79.4 Å². The maximum atomic E-state index is 13.5. The molecule has 0 unspecified atom stereocenters. The van der Waals surface area contributed by atoms with Gasteiger partial charge in [-0.15, -0.1) is 0 Å². The molecule has 0 bridgehead atoms. The Morgan fingerprint density at radius 1 is 1.27 bits per heavy atom. The molecule has 1 aromatic heterocycles. The number of allylic oxidation sites excluding steroid dienone is 1. The Balaban J connectivity index is 1.55. The number of ketones is 1. The number of nitrogens with zero attached hydrogens (tertiary/aromatic N) is 3. The Labute approximate surface area is 196 Å². The lowest BCUT2D eigenvalue weighted by Crippen LogP contribution is -2.43. The summed E-state index contributed by atoms with van der Waals surface area (Å²) in [5.41, 5.74) is 1.98. The average Bonchev–Trinajstić information content (AvgIpc) is 2.82. The van der Waals surface area contributed by atoms with Crippen LogP contribution in [0.2, 0.25) is 5.02 Å². The lowest BCUT2D eigenvalue weighted by Gasteiger charge is -2.25. The summed E-state index contributed by atoms with van der Waals surface area (Å²) in [7, 11) is 1.57. The van der Waals surface area contributed by atoms with Crippen LogP contribution in [0, 0.1) is 5.82 Å². The molecular formula is C24H25ClFN5O2. The van der Waals surface area contributed by atoms with Gasteiger partial charge in [-0.3, -0.25) is 9.69 Å². The van der Waals surface area contributed by atoms with Gasteiger partial charge in [0.2, 0.25) is 0 Å². The number of methoxy groups -OCH3 is 1. The van der Waals surface area contributed by atoms with Gasteiger partial charge in [0.1, 0.15) is 23.7 Å². The Kier molecular flexibility index (Phi) is 7.49. The molecule has 1 saturated heterocycles. The normalized spacial score (nSPS) is 14.6. The second kappa shape index (κ2) is 10.7. The van der Waals surface area contributed by atoms with Crippen LogP contribution in [0.4, 0.5) is 15.9 Å². The first-order chi connectivity index (χ1) is 16.0. The number of carbonyl (C=O) groups is 1. The van der Waals surface area contributed by atoms with Gasteiger partial charge in [0.25, 0.3) is 0 Å². The van der Waals surface area contributed by atoms with E-state index in [-0.39, 0.29) is 17.2 Å². The zero-order valence-corrected chi connectivity index (χ0v) is 19.0. The fourth-order valence-corrected chi connectivity index (χ4v) is 3.92. The van der Waals surface area contributed by atoms with Crippen molar-refractivity contribution < 1.29 is 13.9 Å². The monoisotopic (exact) mass is 469 g/mol. The molecule has 33 heavy (non-hydrogen) atoms. The zero-order valence-electron chi connectivity index (χ0n) is 18.3. The Morgan fingerprint density at radius 2 is 2.09 bits per heavy atom. The van der Waals surface area contributed by atoms with Crippen molar-refractivity contribution >= 4 is 39.8 Å². The van der Waals surface area contributed by atoms with E-state index in [9.17, 15) is 9.18 Å². The number of fused-ring (bicyclic) bond motifs is 1. The number of benzene rings is 2. The molecule has 0 saturated carbocycles. The second-order valence-electron chi connectivity index (χ2n) is 7.75. The fourth-order valence-electron chi connectivity index (χ4n) is 3.74. The summed E-state index contributed by atoms with van der Waals surface area (Å²) in [4.78, 5) is 23.6. The van der Waals surface area contributed by atoms with Crippen molar-refractivity contribution in [1.29, 1.82) is 0 Å². The molecular weight excluding hydrogens is 445 g/mol. The van der Waals surface area contributed by atoms with Crippen LogP contribution in [-0.4, -0.2) is 60.5 Å². The van der Waals surface area contributed by atoms with Gasteiger partial charge in [0, 0.05) is 61.8 Å². The zero-order chi connectivity index (χ0) is 23.2. The van der Waals surface area contributed by atoms with E-state index < -0.39 is 5.82 Å². The van der Waals surface area contributed by atoms with Gasteiger partial charge in [0.05, 0.1) is 17.6 Å². The predicted octanol–water partition coefficient (Wildman–Crippen LogP) is 3.75. The Hall–Kier alpha value is -3.07. The molecule has 0 radical (unpaired) electrons. The van der Waals surface area contributed by atoms with E-state index in [1.165, 1.54) is 18.5 Å². The highest BCUT2D eigenvalue weighted by molar-refractivity contribution is 6.31. The summed E-state index contributed by atoms with van der Waals surface area (Å²) in [5, 5.41) is 7.19. The van der Waals surface area contributed by atoms with Crippen LogP contribution in [0.1, 0.15) is 5.56 Å². The van der Waals surface area contributed by atoms with Gasteiger partial charge in [-0.05, 0) is 30.3 Å². The van der Waals surface area contributed by atoms with Crippen LogP contribution in [0.3, 0.4) is 0 Å². The number of halogens is 2. The standard InChI is InChI=1S/C24H25ClFN5O2/c1-33-23-14-22-19(24(29-15-28-22)30-17-4-5-21(26)20(25)13-17)12-16(23)11-18(32)3-2-8-31-9-6-27-7-10-31/h2-5,12-15,27H,6-11H2,1H3,(H,28,29,30)/b3-2+. The van der Waals surface area contributed by atoms with Crippen molar-refractivity contribution in [2.24, 2.45) is 0 Å². The molecule has 9 heteroatoms. The first kappa shape index (κ1) is 23.1. The molecule has 2 N–H and O–H groups in total. The van der Waals surface area contributed by atoms with Crippen molar-refractivity contribution in [3.63, 3.8) is 0 Å². The van der Waals surface area contributed by atoms with E-state index in [0.29, 0.717) is 28.2 Å². The van der Waals surface area contributed by atoms with Crippen molar-refractivity contribution in [2.45, 2.75) is 6.42 Å². The number of hydrogen-bond donors (Lipinski definition) is 2. The van der Waals surface area contributed by atoms with Crippen LogP contribution in [0.25, 0.3) is 10.9 Å². The summed E-state index contributed by atoms with van der Waals surface area (Å²) in [6.07, 6.45) is 5.16. The lowest BCUT2D eigenvalue weighted by molar-refractivity contribution is -0.114. The maximum absolute atomic E-state index is 13.5. The maximum Gasteiger partial charge on any atom is 0.159 e. The van der Waals surface area contributed by atoms with Gasteiger partial charge >= 0.3 is 0 Å². The first-order valence-electron chi connectivity index (χ1n) is 10.7. The van der Waals surface area contributed by atoms with E-state index in [1.54, 1.807) is 25.3 Å². The third-order valence-electron chi connectivity index (χ3n) is 5.46. The van der Waals surface area contributed by atoms with Crippen molar-refractivity contribution in [2.75, 3.05) is 45.2 Å². The molecule has 0 amide bonds. The van der Waals surface area contributed by atoms with E-state index in [0.717, 1.165) is 38.3 Å². The van der Waals surface area contributed by atoms with Gasteiger partial charge in [-0.2, -0.15) is 0 Å². The number of rotatable bonds is 8. The number of piperazine rings is 1. The number of ether oxygens (including phenoxy) is 1. The number of anilines is 2. The van der Waals surface area contributed by atoms with Gasteiger partial charge < -0.3 is 15.4 Å². The molecule has 3 aromatic rings. The van der Waals surface area contributed by atoms with Crippen molar-refractivity contribution in [3.8, 4) is 5.75 Å². The van der Waals surface area contributed by atoms with Gasteiger partial charge in [-0.25, -0.2) is 14.4 Å². The van der Waals surface area contributed by atoms with Gasteiger partial charge in [-0.1, -0.05) is 17.7 Å². The third kappa shape index (κ3) is 5.84. The van der Waals surface area contributed by atoms with Crippen LogP contribution < -0.4 is 15.4 Å². The lowest BCUT2D eigenvalue weighted by atomic mass is 10.0. The number of nitrogens with one attached hydrogen (secondary N) is 2. The number of aromatic nitrogens is 2. The van der Waals surface area contributed by atoms with E-state index in [2.05, 4.69) is 25.5 Å². The summed E-state index contributed by atoms with van der Waals surface area (Å²) in [6, 6.07) is 7.98. The summed E-state index contributed by atoms with van der Waals surface area (Å²) < 4.78 is 19.0. The molecule has 2 aromatic carbocycles. The molecule has 0 atom stereocenters. The van der Waals surface area contributed by atoms with Crippen molar-refractivity contribution in [3.05, 3.63) is 65.2 Å². The van der Waals surface area contributed by atoms with Crippen LogP contribution in [0.5, 0.6) is 5.75 Å². The highest BCUT2D eigenvalue weighted by atomic mass is 35.5. The SMILES string of the molecule is COc1cc2ncnc(Nc3ccc(F)c(Cl)c3)c2cc1CC(=O)/C=C/CN1CCNCC1. The van der Waals surface area contributed by atoms with E-state index in [1.807, 2.05) is 12.1 Å². The second-order valence-corrected chi connectivity index (χ2v) is 8.16. The average molecular weight is 470 g/mol. The molecule has 1 aliphatic rings. The van der Waals surface area contributed by atoms with Gasteiger partial charge in [0.15, 0.2) is 5.78 Å². The predicted molar refractivity (Wildman–Crippen MR) is 128 cm³/mol. The largest absolute Gasteiger partial charge is 0.496 e. The van der Waals surface area contributed by atoms with E-state index >= 15 is 0 Å². The summed E-state index contributed by atoms with van der Waals surface area (Å²) in [6.45, 7) is 4.65. The minimum atomic E-state index is -0.495. The highest BCUT2D eigenvalue weighted by Crippen LogP contribution is 2.31. The number of hydrogen-bond acceptors (Lipinski definition) is 7. The fraction of sp³-hybridized carbons (Fsp3) is 0.292. The van der Waals surface area contributed by atoms with Crippen LogP contribution in [0.15, 0.2) is 48.8 Å². The quantitative estimate of drug-likeness (QED) is 0.486. The molecule has 2 heterocycles. The molecule has 1 fully saturated rings. The van der Waals surface area contributed by atoms with Crippen molar-refractivity contribution in [1.82, 2.24) is 20.2 Å². The third-order valence-corrected chi connectivity index (χ3v) is 5.75. The Morgan fingerprint density at radius 3 is 2.85 bits per heavy atom. The molecule has 4 rings (SSSR count). The molecule has 0 spiro atoms. The molecule has 172 valence electrons. The Bertz CT molecular complexity index is 1180. The summed E-state index contributed by atoms with van der Waals surface area (Å²) in [5.74, 6) is 0.596. The highest BCUT2D eigenvalue weighted by Gasteiger charge is 2.14. The van der Waals surface area contributed by atoms with Crippen LogP contribution in [-0.2, 0) is 11.2 Å². The molecule has 7 nitrogen and oxygen atoms in total. The minimum Gasteiger partial charge on any atom is -0.496 e. The molecule has 1 aliphatic heterocycles. The van der Waals surface area contributed by atoms with E-state index in [4.69, 9.17) is 16.3 Å². The first-order valence-corrected chi connectivity index (χ1v) is 11.1. The summed E-state index contributed by atoms with van der Waals surface area (Å²) >= 11 is 5.90. The smallest absolute Gasteiger partial charge is 0.159 e. The van der Waals surface area contributed by atoms with Crippen LogP contribution >= 0.6 is 11.6 Å².